The van der Waals surface area contributed by atoms with Crippen LogP contribution >= 0.6 is 0 Å². The number of nitrogens with zero attached hydrogens (tertiary/aromatic N) is 2. The molecule has 6 rings (SSSR count). The van der Waals surface area contributed by atoms with E-state index in [1.165, 1.54) is 0 Å². The Morgan fingerprint density at radius 3 is 2.50 bits per heavy atom. The van der Waals surface area contributed by atoms with Crippen molar-refractivity contribution in [3.63, 3.8) is 0 Å². The van der Waals surface area contributed by atoms with Crippen molar-refractivity contribution < 1.29 is 23.9 Å². The first kappa shape index (κ1) is 18.6. The number of rotatable bonds is 3. The molecule has 26 heavy (non-hydrogen) atoms. The van der Waals surface area contributed by atoms with Gasteiger partial charge in [-0.05, 0) is 27.2 Å². The van der Waals surface area contributed by atoms with Gasteiger partial charge in [-0.1, -0.05) is 25.5 Å². The van der Waals surface area contributed by atoms with Gasteiger partial charge in [0.15, 0.2) is 0 Å². The van der Waals surface area contributed by atoms with E-state index in [-0.39, 0.29) is 18.1 Å². The fraction of sp³-hybridized carbons (Fsp3) is 0.684. The molecule has 0 aromatic rings. The zero-order chi connectivity index (χ0) is 19.2. The molecule has 0 aromatic heterocycles. The number of Topliss-reactive ketones (excluding diaryl/α,β-unsaturated/α-hetero) is 1. The van der Waals surface area contributed by atoms with Gasteiger partial charge in [-0.25, -0.2) is 9.69 Å². The fourth-order valence-electron chi connectivity index (χ4n) is 3.97. The van der Waals surface area contributed by atoms with Crippen LogP contribution in [0.2, 0.25) is 0 Å². The zero-order valence-corrected chi connectivity index (χ0v) is 15.7. The molecule has 142 valence electrons. The molecular weight excluding hydrogens is 336 g/mol. The smallest absolute Gasteiger partial charge is 0.417 e. The highest BCUT2D eigenvalue weighted by molar-refractivity contribution is 6.11. The summed E-state index contributed by atoms with van der Waals surface area (Å²) in [6, 6.07) is -1.42. The summed E-state index contributed by atoms with van der Waals surface area (Å²) in [4.78, 5) is 54.0. The summed E-state index contributed by atoms with van der Waals surface area (Å²) in [5.74, 6) is -2.58. The molecule has 5 heterocycles. The van der Waals surface area contributed by atoms with Crippen LogP contribution in [0.1, 0.15) is 47.0 Å². The van der Waals surface area contributed by atoms with Crippen molar-refractivity contribution >= 4 is 23.7 Å². The van der Waals surface area contributed by atoms with Gasteiger partial charge in [-0.2, -0.15) is 0 Å². The Balaban J connectivity index is 1.99. The van der Waals surface area contributed by atoms with Crippen molar-refractivity contribution in [2.75, 3.05) is 6.54 Å². The van der Waals surface area contributed by atoms with Crippen LogP contribution in [0.4, 0.5) is 4.79 Å². The molecule has 3 amide bonds. The van der Waals surface area contributed by atoms with E-state index in [1.54, 1.807) is 37.8 Å². The van der Waals surface area contributed by atoms with Gasteiger partial charge in [-0.3, -0.25) is 14.4 Å². The van der Waals surface area contributed by atoms with Crippen LogP contribution in [-0.2, 0) is 19.1 Å². The summed E-state index contributed by atoms with van der Waals surface area (Å²) in [7, 11) is 0. The zero-order valence-electron chi connectivity index (χ0n) is 15.7. The average Bonchev–Trinajstić information content (AvgIpc) is 2.50. The van der Waals surface area contributed by atoms with Crippen molar-refractivity contribution in [1.29, 1.82) is 0 Å². The van der Waals surface area contributed by atoms with E-state index in [0.717, 1.165) is 17.7 Å². The molecular formula is C19H26N2O5. The van der Waals surface area contributed by atoms with Gasteiger partial charge in [0, 0.05) is 13.0 Å². The van der Waals surface area contributed by atoms with E-state index in [1.807, 2.05) is 6.92 Å². The lowest BCUT2D eigenvalue weighted by molar-refractivity contribution is -0.160. The summed E-state index contributed by atoms with van der Waals surface area (Å²) >= 11 is 0. The summed E-state index contributed by atoms with van der Waals surface area (Å²) in [5, 5.41) is 0. The molecule has 0 N–H and O–H groups in total. The minimum Gasteiger partial charge on any atom is -0.443 e. The molecule has 0 radical (unpaired) electrons. The first-order chi connectivity index (χ1) is 12.2. The van der Waals surface area contributed by atoms with Gasteiger partial charge in [-0.15, -0.1) is 0 Å². The Hall–Kier alpha value is -2.18. The standard InChI is InChI=1S/C19H26N2O5/c1-5-6-9-20-12-8-7-11(16(20)23)13-10-14(22)15(12)17(24)21(13)18(25)26-19(2,3)4/h7-8,11-13,15H,5-6,9-10H2,1-4H3/t11-,12+,13-,15-/m0/s1. The van der Waals surface area contributed by atoms with Gasteiger partial charge < -0.3 is 9.64 Å². The van der Waals surface area contributed by atoms with E-state index < -0.39 is 41.5 Å². The topological polar surface area (TPSA) is 84.0 Å². The maximum atomic E-state index is 13.0. The van der Waals surface area contributed by atoms with Gasteiger partial charge in [0.1, 0.15) is 17.3 Å². The Morgan fingerprint density at radius 2 is 1.88 bits per heavy atom. The number of carbonyl (C=O) groups is 4. The third-order valence-corrected chi connectivity index (χ3v) is 5.13. The number of imide groups is 1. The first-order valence-electron chi connectivity index (χ1n) is 9.23. The third kappa shape index (κ3) is 3.04. The van der Waals surface area contributed by atoms with Gasteiger partial charge in [0.25, 0.3) is 0 Å². The quantitative estimate of drug-likeness (QED) is 0.566. The Bertz CT molecular complexity index is 678. The predicted molar refractivity (Wildman–Crippen MR) is 93.0 cm³/mol. The van der Waals surface area contributed by atoms with E-state index in [2.05, 4.69) is 0 Å². The molecule has 4 atom stereocenters. The highest BCUT2D eigenvalue weighted by Gasteiger charge is 2.57. The van der Waals surface area contributed by atoms with Crippen LogP contribution < -0.4 is 0 Å². The second-order valence-electron chi connectivity index (χ2n) is 8.19. The van der Waals surface area contributed by atoms with Crippen molar-refractivity contribution in [3.8, 4) is 0 Å². The Morgan fingerprint density at radius 1 is 1.19 bits per heavy atom. The highest BCUT2D eigenvalue weighted by atomic mass is 16.6. The van der Waals surface area contributed by atoms with Crippen LogP contribution in [0, 0.1) is 11.8 Å². The van der Waals surface area contributed by atoms with E-state index in [9.17, 15) is 19.2 Å². The lowest BCUT2D eigenvalue weighted by atomic mass is 9.73. The maximum Gasteiger partial charge on any atom is 0.417 e. The third-order valence-electron chi connectivity index (χ3n) is 5.13. The SMILES string of the molecule is CCCCN1C(=O)[C@H]2C=C[C@@H]1[C@H]1C(=O)C[C@@H]2N(C(=O)OC(C)(C)C)C1=O. The minimum atomic E-state index is -1.03. The van der Waals surface area contributed by atoms with Gasteiger partial charge >= 0.3 is 6.09 Å². The number of ether oxygens (including phenoxy) is 1. The van der Waals surface area contributed by atoms with E-state index in [0.29, 0.717) is 6.54 Å². The van der Waals surface area contributed by atoms with Gasteiger partial charge in [0.05, 0.1) is 18.0 Å². The molecule has 6 aliphatic rings. The number of ketones is 1. The number of carbonyl (C=O) groups excluding carboxylic acids is 4. The second kappa shape index (κ2) is 6.52. The molecule has 3 fully saturated rings. The minimum absolute atomic E-state index is 0.00845. The second-order valence-corrected chi connectivity index (χ2v) is 8.19. The van der Waals surface area contributed by atoms with Crippen LogP contribution in [-0.4, -0.2) is 57.7 Å². The van der Waals surface area contributed by atoms with E-state index in [4.69, 9.17) is 4.74 Å². The Kier molecular flexibility index (Phi) is 4.67. The molecule has 0 spiro atoms. The molecule has 1 aliphatic carbocycles. The summed E-state index contributed by atoms with van der Waals surface area (Å²) < 4.78 is 5.37. The molecule has 4 bridgehead atoms. The van der Waals surface area contributed by atoms with Crippen molar-refractivity contribution in [1.82, 2.24) is 9.80 Å². The molecule has 0 aromatic carbocycles. The fourth-order valence-corrected chi connectivity index (χ4v) is 3.97. The number of unbranched alkanes of at least 4 members (excludes halogenated alkanes) is 1. The summed E-state index contributed by atoms with van der Waals surface area (Å²) in [6.07, 6.45) is 4.49. The molecule has 5 aliphatic heterocycles. The van der Waals surface area contributed by atoms with Crippen LogP contribution in [0.15, 0.2) is 12.2 Å². The predicted octanol–water partition coefficient (Wildman–Crippen LogP) is 1.90. The molecule has 3 saturated heterocycles. The van der Waals surface area contributed by atoms with Crippen molar-refractivity contribution in [3.05, 3.63) is 12.2 Å². The lowest BCUT2D eigenvalue weighted by Crippen LogP contribution is -2.68. The number of piperidine rings is 1. The average molecular weight is 362 g/mol. The van der Waals surface area contributed by atoms with Crippen LogP contribution in [0.5, 0.6) is 0 Å². The maximum absolute atomic E-state index is 13.0. The molecule has 0 saturated carbocycles. The largest absolute Gasteiger partial charge is 0.443 e. The summed E-state index contributed by atoms with van der Waals surface area (Å²) in [5.41, 5.74) is -0.769. The number of hydrogen-bond acceptors (Lipinski definition) is 5. The van der Waals surface area contributed by atoms with Crippen LogP contribution in [0.25, 0.3) is 0 Å². The monoisotopic (exact) mass is 362 g/mol. The summed E-state index contributed by atoms with van der Waals surface area (Å²) in [6.45, 7) is 7.68. The molecule has 0 unspecified atom stereocenters. The van der Waals surface area contributed by atoms with E-state index >= 15 is 0 Å². The van der Waals surface area contributed by atoms with Crippen molar-refractivity contribution in [2.24, 2.45) is 11.8 Å². The normalized spacial score (nSPS) is 30.7. The Labute approximate surface area is 153 Å². The molecule has 7 nitrogen and oxygen atoms in total. The number of hydrogen-bond donors (Lipinski definition) is 0. The van der Waals surface area contributed by atoms with Gasteiger partial charge in [0.2, 0.25) is 11.8 Å². The first-order valence-corrected chi connectivity index (χ1v) is 9.23. The highest BCUT2D eigenvalue weighted by Crippen LogP contribution is 2.39. The molecule has 7 heteroatoms. The number of amides is 3. The lowest BCUT2D eigenvalue weighted by Gasteiger charge is -2.50. The van der Waals surface area contributed by atoms with Crippen LogP contribution in [0.3, 0.4) is 0 Å². The van der Waals surface area contributed by atoms with Crippen molar-refractivity contribution in [2.45, 2.75) is 64.6 Å².